The summed E-state index contributed by atoms with van der Waals surface area (Å²) in [6.45, 7) is 6.03. The van der Waals surface area contributed by atoms with E-state index in [1.165, 1.54) is 51.7 Å². The van der Waals surface area contributed by atoms with Crippen molar-refractivity contribution >= 4 is 0 Å². The molecule has 0 aromatic carbocycles. The van der Waals surface area contributed by atoms with Crippen LogP contribution in [0.5, 0.6) is 0 Å². The summed E-state index contributed by atoms with van der Waals surface area (Å²) >= 11 is 0. The molecule has 2 saturated heterocycles. The Morgan fingerprint density at radius 2 is 1.71 bits per heavy atom. The van der Waals surface area contributed by atoms with Crippen molar-refractivity contribution in [3.63, 3.8) is 0 Å². The summed E-state index contributed by atoms with van der Waals surface area (Å²) in [6.07, 6.45) is 6.89. The molecule has 2 rings (SSSR count). The van der Waals surface area contributed by atoms with E-state index in [1.54, 1.807) is 0 Å². The Kier molecular flexibility index (Phi) is 4.83. The predicted octanol–water partition coefficient (Wildman–Crippen LogP) is 1.54. The van der Waals surface area contributed by atoms with E-state index in [0.717, 1.165) is 18.1 Å². The third-order valence-corrected chi connectivity index (χ3v) is 4.42. The van der Waals surface area contributed by atoms with Crippen LogP contribution in [-0.4, -0.2) is 61.7 Å². The summed E-state index contributed by atoms with van der Waals surface area (Å²) < 4.78 is 0. The van der Waals surface area contributed by atoms with Crippen LogP contribution in [0.3, 0.4) is 0 Å². The molecular weight excluding hydrogens is 210 g/mol. The lowest BCUT2D eigenvalue weighted by atomic mass is 9.98. The summed E-state index contributed by atoms with van der Waals surface area (Å²) in [6, 6.07) is 2.49. The van der Waals surface area contributed by atoms with Crippen LogP contribution in [-0.2, 0) is 0 Å². The first-order valence-corrected chi connectivity index (χ1v) is 7.34. The molecule has 0 amide bonds. The highest BCUT2D eigenvalue weighted by molar-refractivity contribution is 4.95. The van der Waals surface area contributed by atoms with Gasteiger partial charge in [-0.1, -0.05) is 6.92 Å². The molecule has 3 heteroatoms. The van der Waals surface area contributed by atoms with E-state index in [4.69, 9.17) is 0 Å². The molecular formula is C14H29N3. The maximum absolute atomic E-state index is 3.74. The van der Waals surface area contributed by atoms with Gasteiger partial charge < -0.3 is 15.1 Å². The van der Waals surface area contributed by atoms with Gasteiger partial charge in [-0.15, -0.1) is 0 Å². The van der Waals surface area contributed by atoms with Crippen LogP contribution in [0.4, 0.5) is 0 Å². The monoisotopic (exact) mass is 239 g/mol. The molecule has 2 unspecified atom stereocenters. The minimum absolute atomic E-state index is 0.821. The Morgan fingerprint density at radius 1 is 1.06 bits per heavy atom. The van der Waals surface area contributed by atoms with E-state index in [9.17, 15) is 0 Å². The van der Waals surface area contributed by atoms with Crippen LogP contribution in [0.1, 0.15) is 39.0 Å². The Hall–Kier alpha value is -0.120. The smallest absolute Gasteiger partial charge is 0.0125 e. The predicted molar refractivity (Wildman–Crippen MR) is 73.4 cm³/mol. The van der Waals surface area contributed by atoms with Gasteiger partial charge in [0.1, 0.15) is 0 Å². The summed E-state index contributed by atoms with van der Waals surface area (Å²) in [4.78, 5) is 5.01. The number of nitrogens with zero attached hydrogens (tertiary/aromatic N) is 2. The summed E-state index contributed by atoms with van der Waals surface area (Å²) in [5.41, 5.74) is 0. The third-order valence-electron chi connectivity index (χ3n) is 4.42. The van der Waals surface area contributed by atoms with Gasteiger partial charge in [-0.3, -0.25) is 0 Å². The van der Waals surface area contributed by atoms with Gasteiger partial charge in [0.25, 0.3) is 0 Å². The molecule has 2 bridgehead atoms. The molecule has 17 heavy (non-hydrogen) atoms. The molecule has 0 aromatic heterocycles. The first-order valence-electron chi connectivity index (χ1n) is 7.34. The van der Waals surface area contributed by atoms with Gasteiger partial charge in [-0.25, -0.2) is 0 Å². The van der Waals surface area contributed by atoms with Gasteiger partial charge in [-0.2, -0.15) is 0 Å². The van der Waals surface area contributed by atoms with E-state index in [0.29, 0.717) is 0 Å². The molecule has 2 atom stereocenters. The van der Waals surface area contributed by atoms with Gasteiger partial charge in [0, 0.05) is 18.1 Å². The van der Waals surface area contributed by atoms with Gasteiger partial charge in [0.2, 0.25) is 0 Å². The second-order valence-corrected chi connectivity index (χ2v) is 6.05. The number of hydrogen-bond donors (Lipinski definition) is 1. The number of fused-ring (bicyclic) bond motifs is 2. The van der Waals surface area contributed by atoms with Gasteiger partial charge >= 0.3 is 0 Å². The lowest BCUT2D eigenvalue weighted by molar-refractivity contribution is 0.143. The SMILES string of the molecule is CCN(CCCN(C)C)C1CC2CCC(C1)N2. The maximum Gasteiger partial charge on any atom is 0.0125 e. The lowest BCUT2D eigenvalue weighted by Crippen LogP contribution is -2.48. The highest BCUT2D eigenvalue weighted by Gasteiger charge is 2.35. The minimum atomic E-state index is 0.821. The van der Waals surface area contributed by atoms with Crippen LogP contribution in [0.25, 0.3) is 0 Å². The van der Waals surface area contributed by atoms with Crippen molar-refractivity contribution in [3.05, 3.63) is 0 Å². The van der Waals surface area contributed by atoms with Gasteiger partial charge in [0.05, 0.1) is 0 Å². The van der Waals surface area contributed by atoms with E-state index < -0.39 is 0 Å². The quantitative estimate of drug-likeness (QED) is 0.758. The molecule has 1 N–H and O–H groups in total. The highest BCUT2D eigenvalue weighted by Crippen LogP contribution is 2.29. The Bertz CT molecular complexity index is 218. The Labute approximate surface area is 107 Å². The molecule has 3 nitrogen and oxygen atoms in total. The molecule has 2 aliphatic rings. The average Bonchev–Trinajstić information content (AvgIpc) is 2.63. The summed E-state index contributed by atoms with van der Waals surface area (Å²) in [5.74, 6) is 0. The zero-order chi connectivity index (χ0) is 12.3. The molecule has 0 radical (unpaired) electrons. The van der Waals surface area contributed by atoms with Crippen LogP contribution in [0.2, 0.25) is 0 Å². The fraction of sp³-hybridized carbons (Fsp3) is 1.00. The van der Waals surface area contributed by atoms with Gasteiger partial charge in [0.15, 0.2) is 0 Å². The molecule has 2 aliphatic heterocycles. The third kappa shape index (κ3) is 3.67. The standard InChI is InChI=1S/C14H29N3/c1-4-17(9-5-8-16(2)3)14-10-12-6-7-13(11-14)15-12/h12-15H,4-11H2,1-3H3. The second-order valence-electron chi connectivity index (χ2n) is 6.05. The number of hydrogen-bond acceptors (Lipinski definition) is 3. The van der Waals surface area contributed by atoms with Crippen molar-refractivity contribution in [1.82, 2.24) is 15.1 Å². The van der Waals surface area contributed by atoms with Crippen LogP contribution >= 0.6 is 0 Å². The van der Waals surface area contributed by atoms with Crippen LogP contribution < -0.4 is 5.32 Å². The summed E-state index contributed by atoms with van der Waals surface area (Å²) in [5, 5.41) is 3.74. The first-order chi connectivity index (χ1) is 8.19. The lowest BCUT2D eigenvalue weighted by Gasteiger charge is -2.37. The van der Waals surface area contributed by atoms with E-state index in [2.05, 4.69) is 36.1 Å². The van der Waals surface area contributed by atoms with Crippen molar-refractivity contribution in [1.29, 1.82) is 0 Å². The molecule has 0 saturated carbocycles. The molecule has 100 valence electrons. The molecule has 0 aromatic rings. The summed E-state index contributed by atoms with van der Waals surface area (Å²) in [7, 11) is 4.34. The fourth-order valence-corrected chi connectivity index (χ4v) is 3.51. The highest BCUT2D eigenvalue weighted by atomic mass is 15.2. The van der Waals surface area contributed by atoms with E-state index >= 15 is 0 Å². The van der Waals surface area contributed by atoms with Crippen molar-refractivity contribution in [2.75, 3.05) is 33.7 Å². The normalized spacial score (nSPS) is 32.6. The molecule has 2 heterocycles. The molecule has 2 fully saturated rings. The number of piperidine rings is 1. The second kappa shape index (κ2) is 6.17. The maximum atomic E-state index is 3.74. The van der Waals surface area contributed by atoms with E-state index in [-0.39, 0.29) is 0 Å². The van der Waals surface area contributed by atoms with Gasteiger partial charge in [-0.05, 0) is 65.8 Å². The fourth-order valence-electron chi connectivity index (χ4n) is 3.51. The van der Waals surface area contributed by atoms with Crippen molar-refractivity contribution in [3.8, 4) is 0 Å². The first kappa shape index (κ1) is 13.3. The van der Waals surface area contributed by atoms with Crippen LogP contribution in [0.15, 0.2) is 0 Å². The molecule has 0 aliphatic carbocycles. The minimum Gasteiger partial charge on any atom is -0.311 e. The van der Waals surface area contributed by atoms with E-state index in [1.807, 2.05) is 0 Å². The number of rotatable bonds is 6. The van der Waals surface area contributed by atoms with Crippen molar-refractivity contribution in [2.24, 2.45) is 0 Å². The van der Waals surface area contributed by atoms with Crippen molar-refractivity contribution < 1.29 is 0 Å². The number of nitrogens with one attached hydrogen (secondary N) is 1. The topological polar surface area (TPSA) is 18.5 Å². The largest absolute Gasteiger partial charge is 0.311 e. The Balaban J connectivity index is 1.77. The zero-order valence-electron chi connectivity index (χ0n) is 11.8. The zero-order valence-corrected chi connectivity index (χ0v) is 11.8. The van der Waals surface area contributed by atoms with Crippen molar-refractivity contribution in [2.45, 2.75) is 57.2 Å². The molecule has 0 spiro atoms. The Morgan fingerprint density at radius 3 is 2.24 bits per heavy atom. The average molecular weight is 239 g/mol. The van der Waals surface area contributed by atoms with Crippen LogP contribution in [0, 0.1) is 0 Å².